The Bertz CT molecular complexity index is 8270. The minimum Gasteiger partial charge on any atom is -0.507 e. The van der Waals surface area contributed by atoms with Crippen LogP contribution in [0.1, 0.15) is 31.1 Å². The molecule has 0 spiro atoms. The van der Waals surface area contributed by atoms with E-state index in [2.05, 4.69) is 109 Å². The van der Waals surface area contributed by atoms with E-state index in [-0.39, 0.29) is 33.2 Å². The molecule has 658 valence electrons. The molecule has 20 aromatic rings. The molecular formula is C95H63Br4N23O11S. The Labute approximate surface area is 790 Å². The molecule has 1 aliphatic heterocycles. The molecule has 15 heterocycles. The third-order valence-corrected chi connectivity index (χ3v) is 25.9. The number of carbonyl (C=O) groups excluding carboxylic acids is 1. The average molecular weight is 2050 g/mol. The number of benzene rings is 6. The Morgan fingerprint density at radius 1 is 0.351 bits per heavy atom. The molecule has 0 saturated carbocycles. The Hall–Kier alpha value is -16.8. The van der Waals surface area contributed by atoms with E-state index in [0.717, 1.165) is 88.5 Å². The lowest BCUT2D eigenvalue weighted by atomic mass is 10.1. The van der Waals surface area contributed by atoms with Crippen LogP contribution >= 0.6 is 63.7 Å². The number of sulfonamides is 1. The molecule has 0 fully saturated rings. The molecule has 0 aliphatic carbocycles. The van der Waals surface area contributed by atoms with Crippen molar-refractivity contribution < 1.29 is 48.0 Å². The molecular weight excluding hydrogens is 1990 g/mol. The highest BCUT2D eigenvalue weighted by atomic mass is 79.9. The summed E-state index contributed by atoms with van der Waals surface area (Å²) in [6, 6.07) is 67.9. The van der Waals surface area contributed by atoms with Gasteiger partial charge in [0.25, 0.3) is 21.5 Å². The van der Waals surface area contributed by atoms with Gasteiger partial charge in [0, 0.05) is 138 Å². The molecule has 0 atom stereocenters. The van der Waals surface area contributed by atoms with Gasteiger partial charge in [-0.15, -0.1) is 0 Å². The van der Waals surface area contributed by atoms with Crippen LogP contribution in [0.4, 0.5) is 23.3 Å². The van der Waals surface area contributed by atoms with E-state index >= 15 is 0 Å². The highest BCUT2D eigenvalue weighted by molar-refractivity contribution is 9.11. The van der Waals surface area contributed by atoms with Gasteiger partial charge in [0.15, 0.2) is 22.6 Å². The predicted molar refractivity (Wildman–Crippen MR) is 517 cm³/mol. The number of phenols is 1. The zero-order chi connectivity index (χ0) is 93.5. The summed E-state index contributed by atoms with van der Waals surface area (Å²) in [5.74, 6) is -2.97. The number of nitrogens with zero attached hydrogens (tertiary/aromatic N) is 18. The zero-order valence-electron chi connectivity index (χ0n) is 68.8. The minimum atomic E-state index is -3.84. The van der Waals surface area contributed by atoms with Crippen molar-refractivity contribution in [1.29, 1.82) is 0 Å². The summed E-state index contributed by atoms with van der Waals surface area (Å²) in [7, 11) is -3.84. The smallest absolute Gasteiger partial charge is 0.337 e. The monoisotopic (exact) mass is 2050 g/mol. The Balaban J connectivity index is 0.000000119. The van der Waals surface area contributed by atoms with Crippen LogP contribution in [-0.4, -0.2) is 141 Å². The molecule has 0 saturated heterocycles. The van der Waals surface area contributed by atoms with E-state index in [1.54, 1.807) is 67.9 Å². The molecule has 0 bridgehead atoms. The first kappa shape index (κ1) is 87.9. The van der Waals surface area contributed by atoms with Gasteiger partial charge in [-0.25, -0.2) is 42.7 Å². The zero-order valence-corrected chi connectivity index (χ0v) is 76.0. The number of hydrogen-bond acceptors (Lipinski definition) is 25. The number of anilines is 4. The van der Waals surface area contributed by atoms with Crippen LogP contribution < -0.4 is 33.2 Å². The maximum Gasteiger partial charge on any atom is 0.337 e. The normalized spacial score (nSPS) is 11.9. The van der Waals surface area contributed by atoms with Gasteiger partial charge in [0.05, 0.1) is 105 Å². The van der Waals surface area contributed by atoms with Crippen LogP contribution in [0.25, 0.3) is 157 Å². The summed E-state index contributed by atoms with van der Waals surface area (Å²) in [6.45, 7) is -0.459. The fourth-order valence-electron chi connectivity index (χ4n) is 14.7. The fraction of sp³-hybridized carbons (Fsp3) is 0.0105. The van der Waals surface area contributed by atoms with E-state index in [4.69, 9.17) is 53.1 Å². The number of aromatic hydroxyl groups is 1. The van der Waals surface area contributed by atoms with E-state index < -0.39 is 45.9 Å². The summed E-state index contributed by atoms with van der Waals surface area (Å²) in [4.78, 5) is 99.2. The van der Waals surface area contributed by atoms with Crippen molar-refractivity contribution in [3.8, 4) is 140 Å². The van der Waals surface area contributed by atoms with E-state index in [9.17, 15) is 42.6 Å². The number of fused-ring (bicyclic) bond motifs is 5. The number of rotatable bonds is 16. The molecule has 1 aliphatic rings. The maximum absolute atomic E-state index is 12.2. The van der Waals surface area contributed by atoms with E-state index in [1.807, 2.05) is 175 Å². The van der Waals surface area contributed by atoms with Gasteiger partial charge in [-0.3, -0.25) is 39.3 Å². The number of amides is 1. The van der Waals surface area contributed by atoms with Gasteiger partial charge in [-0.05, 0) is 130 Å². The van der Waals surface area contributed by atoms with Crippen LogP contribution in [-0.2, 0) is 21.4 Å². The molecule has 21 rings (SSSR count). The Kier molecular flexibility index (Phi) is 24.0. The third kappa shape index (κ3) is 17.3. The second kappa shape index (κ2) is 36.7. The number of aromatic nitrogens is 18. The van der Waals surface area contributed by atoms with Crippen molar-refractivity contribution in [1.82, 2.24) is 92.6 Å². The first-order chi connectivity index (χ1) is 64.7. The lowest BCUT2D eigenvalue weighted by molar-refractivity contribution is -0.137. The van der Waals surface area contributed by atoms with Gasteiger partial charge in [-0.2, -0.15) is 38.5 Å². The standard InChI is InChI=1S/C24H15BrN6O3S.C24H17BrN6O3.C24H16BrN5O3.C23H15BrN6O2/c25-20-21(14-7-9-19-16(10-14)24(32)30-35(19,33)34)29-23-17(12-28-31(23)22(20)26)15-6-8-18(27-11-15)13-4-2-1-3-5-13;25-21-22(16-7-9-19(32)30(12-16)13-20(33)34)29-24-17(11-28-31(24)23(21)26)15-6-8-18(27-10-15)14-4-2-1-3-5-14;25-20-21(16-8-6-14(24(32)33)10-19(16)31)29-23-17(12-28-30(23)22(20)26)15-7-9-18(27-11-15)13-4-2-1-3-5-13;24-19-20(15-8-16(23(31)32)10-26-9-15)29-22-17(12-28-30(22)21(19)25)14-6-7-18(27-11-14)13-4-2-1-3-5-13/h1-12H,26H2,(H,30,32);1-12H,13,26H2,(H,33,34);1-12,31H,26H2,(H,32,33);1-12H,25H2,(H,31,32). The Morgan fingerprint density at radius 3 is 1.07 bits per heavy atom. The minimum absolute atomic E-state index is 0.0314. The molecule has 1 amide bonds. The van der Waals surface area contributed by atoms with Crippen LogP contribution in [0.2, 0.25) is 0 Å². The first-order valence-electron chi connectivity index (χ1n) is 40.0. The van der Waals surface area contributed by atoms with E-state index in [1.165, 1.54) is 72.9 Å². The van der Waals surface area contributed by atoms with Crippen molar-refractivity contribution in [2.45, 2.75) is 11.4 Å². The highest BCUT2D eigenvalue weighted by Crippen LogP contribution is 2.43. The van der Waals surface area contributed by atoms with Gasteiger partial charge in [-0.1, -0.05) is 152 Å². The second-order valence-corrected chi connectivity index (χ2v) is 34.6. The average Bonchev–Trinajstić information content (AvgIpc) is 1.58. The molecule has 0 radical (unpaired) electrons. The molecule has 6 aromatic carbocycles. The highest BCUT2D eigenvalue weighted by Gasteiger charge is 2.34. The largest absolute Gasteiger partial charge is 0.507 e. The number of phenolic OH excluding ortho intramolecular Hbond substituents is 1. The summed E-state index contributed by atoms with van der Waals surface area (Å²) in [5.41, 5.74) is 44.2. The lowest BCUT2D eigenvalue weighted by Crippen LogP contribution is -2.22. The number of nitrogens with one attached hydrogen (secondary N) is 1. The van der Waals surface area contributed by atoms with Crippen molar-refractivity contribution in [3.05, 3.63) is 338 Å². The maximum atomic E-state index is 12.2. The number of nitrogens with two attached hydrogens (primary N) is 4. The van der Waals surface area contributed by atoms with Gasteiger partial charge >= 0.3 is 17.9 Å². The van der Waals surface area contributed by atoms with Crippen molar-refractivity contribution in [2.24, 2.45) is 0 Å². The second-order valence-electron chi connectivity index (χ2n) is 29.7. The number of pyridine rings is 6. The summed E-state index contributed by atoms with van der Waals surface area (Å²) in [6.07, 6.45) is 18.0. The summed E-state index contributed by atoms with van der Waals surface area (Å²) in [5, 5.41) is 55.5. The third-order valence-electron chi connectivity index (χ3n) is 21.4. The molecule has 0 unspecified atom stereocenters. The number of aromatic carboxylic acids is 2. The van der Waals surface area contributed by atoms with Crippen LogP contribution in [0.5, 0.6) is 5.75 Å². The number of carbonyl (C=O) groups is 4. The fourth-order valence-corrected chi connectivity index (χ4v) is 17.8. The first-order valence-corrected chi connectivity index (χ1v) is 44.7. The predicted octanol–water partition coefficient (Wildman–Crippen LogP) is 17.1. The van der Waals surface area contributed by atoms with Crippen molar-refractivity contribution in [3.63, 3.8) is 0 Å². The van der Waals surface area contributed by atoms with E-state index in [0.29, 0.717) is 109 Å². The number of hydrogen-bond donors (Lipinski definition) is 9. The molecule has 14 aromatic heterocycles. The molecule has 13 N–H and O–H groups in total. The van der Waals surface area contributed by atoms with Gasteiger partial charge in [0.1, 0.15) is 40.5 Å². The molecule has 39 heteroatoms. The quantitative estimate of drug-likeness (QED) is 0.0434. The van der Waals surface area contributed by atoms with Crippen molar-refractivity contribution in [2.75, 3.05) is 22.9 Å². The van der Waals surface area contributed by atoms with Gasteiger partial charge < -0.3 is 47.9 Å². The summed E-state index contributed by atoms with van der Waals surface area (Å²) >= 11 is 13.8. The topological polar surface area (TPSA) is 507 Å². The molecule has 34 nitrogen and oxygen atoms in total. The van der Waals surface area contributed by atoms with Crippen LogP contribution in [0, 0.1) is 0 Å². The number of carboxylic acid groups (broad SMARTS) is 3. The lowest BCUT2D eigenvalue weighted by Gasteiger charge is -2.11. The summed E-state index contributed by atoms with van der Waals surface area (Å²) < 4.78 is 35.2. The van der Waals surface area contributed by atoms with Crippen LogP contribution in [0.15, 0.2) is 320 Å². The SMILES string of the molecule is Nc1c(Br)c(-c2ccc(=O)n(CC(=O)O)c2)nc2c(-c3ccc(-c4ccccc4)nc3)cnn12.Nc1c(Br)c(-c2ccc(C(=O)O)cc2O)nc2c(-c3ccc(-c4ccccc4)nc3)cnn12.Nc1c(Br)c(-c2ccc3c(c2)C(=O)NS3(=O)=O)nc2c(-c3ccc(-c4ccccc4)nc3)cnn12.Nc1c(Br)c(-c2cncc(C(=O)O)c2)nc2c(-c3ccc(-c4ccccc4)nc3)cnn12. The number of aliphatic carboxylic acids is 1. The number of nitrogen functional groups attached to an aromatic ring is 4. The number of halogens is 4. The van der Waals surface area contributed by atoms with Crippen molar-refractivity contribution >= 4 is 143 Å². The Morgan fingerprint density at radius 2 is 0.709 bits per heavy atom. The molecule has 134 heavy (non-hydrogen) atoms. The van der Waals surface area contributed by atoms with Gasteiger partial charge in [0.2, 0.25) is 0 Å². The number of carboxylic acids is 3. The van der Waals surface area contributed by atoms with Crippen LogP contribution in [0.3, 0.4) is 0 Å².